The van der Waals surface area contributed by atoms with Crippen LogP contribution in [0.3, 0.4) is 0 Å². The van der Waals surface area contributed by atoms with Crippen molar-refractivity contribution in [1.82, 2.24) is 4.72 Å². The SMILES string of the molecule is CNS(=O)(=O)CCC(=O)OCC[C@@H]1CCC[C@@H](C)C1. The number of ether oxygens (including phenoxy) is 1. The van der Waals surface area contributed by atoms with Gasteiger partial charge in [0, 0.05) is 0 Å². The molecule has 0 unspecified atom stereocenters. The highest BCUT2D eigenvalue weighted by atomic mass is 32.2. The van der Waals surface area contributed by atoms with E-state index < -0.39 is 16.0 Å². The molecule has 1 rings (SSSR count). The predicted octanol–water partition coefficient (Wildman–Crippen LogP) is 1.69. The first-order valence-electron chi connectivity index (χ1n) is 7.00. The monoisotopic (exact) mass is 291 g/mol. The van der Waals surface area contributed by atoms with Crippen molar-refractivity contribution in [2.75, 3.05) is 19.4 Å². The van der Waals surface area contributed by atoms with Gasteiger partial charge in [-0.3, -0.25) is 4.79 Å². The van der Waals surface area contributed by atoms with Gasteiger partial charge in [-0.2, -0.15) is 0 Å². The molecule has 1 aliphatic rings. The minimum atomic E-state index is -3.32. The fraction of sp³-hybridized carbons (Fsp3) is 0.923. The molecule has 0 spiro atoms. The van der Waals surface area contributed by atoms with Crippen molar-refractivity contribution in [1.29, 1.82) is 0 Å². The zero-order chi connectivity index (χ0) is 14.3. The molecule has 0 amide bonds. The number of hydrogen-bond donors (Lipinski definition) is 1. The largest absolute Gasteiger partial charge is 0.466 e. The van der Waals surface area contributed by atoms with Crippen LogP contribution in [0.4, 0.5) is 0 Å². The van der Waals surface area contributed by atoms with Gasteiger partial charge in [-0.25, -0.2) is 13.1 Å². The van der Waals surface area contributed by atoms with E-state index >= 15 is 0 Å². The topological polar surface area (TPSA) is 72.5 Å². The Morgan fingerprint density at radius 3 is 2.74 bits per heavy atom. The third-order valence-corrected chi connectivity index (χ3v) is 5.08. The van der Waals surface area contributed by atoms with Crippen LogP contribution >= 0.6 is 0 Å². The minimum Gasteiger partial charge on any atom is -0.466 e. The molecule has 0 radical (unpaired) electrons. The fourth-order valence-corrected chi connectivity index (χ4v) is 3.19. The molecule has 5 nitrogen and oxygen atoms in total. The van der Waals surface area contributed by atoms with Crippen LogP contribution in [0.1, 0.15) is 45.4 Å². The maximum absolute atomic E-state index is 11.4. The molecule has 1 fully saturated rings. The second kappa shape index (κ2) is 7.85. The predicted molar refractivity (Wildman–Crippen MR) is 74.2 cm³/mol. The second-order valence-corrected chi connectivity index (χ2v) is 7.47. The summed E-state index contributed by atoms with van der Waals surface area (Å²) in [6.07, 6.45) is 5.82. The summed E-state index contributed by atoms with van der Waals surface area (Å²) in [5.74, 6) is 0.790. The van der Waals surface area contributed by atoms with E-state index in [0.29, 0.717) is 12.5 Å². The highest BCUT2D eigenvalue weighted by Gasteiger charge is 2.19. The summed E-state index contributed by atoms with van der Waals surface area (Å²) in [6.45, 7) is 2.68. The Hall–Kier alpha value is -0.620. The standard InChI is InChI=1S/C13H25NO4S/c1-11-4-3-5-12(10-11)6-8-18-13(15)7-9-19(16,17)14-2/h11-12,14H,3-10H2,1-2H3/t11-,12+/m1/s1. The van der Waals surface area contributed by atoms with Gasteiger partial charge in [0.05, 0.1) is 18.8 Å². The van der Waals surface area contributed by atoms with Crippen molar-refractivity contribution in [2.24, 2.45) is 11.8 Å². The van der Waals surface area contributed by atoms with E-state index in [1.165, 1.54) is 32.7 Å². The summed E-state index contributed by atoms with van der Waals surface area (Å²) in [5, 5.41) is 0. The molecular formula is C13H25NO4S. The fourth-order valence-electron chi connectivity index (χ4n) is 2.55. The second-order valence-electron chi connectivity index (χ2n) is 5.42. The van der Waals surface area contributed by atoms with Crippen LogP contribution in [0.15, 0.2) is 0 Å². The van der Waals surface area contributed by atoms with Gasteiger partial charge in [-0.1, -0.05) is 26.2 Å². The van der Waals surface area contributed by atoms with Crippen LogP contribution in [0.5, 0.6) is 0 Å². The van der Waals surface area contributed by atoms with Crippen LogP contribution in [-0.4, -0.2) is 33.8 Å². The van der Waals surface area contributed by atoms with Crippen LogP contribution < -0.4 is 4.72 Å². The van der Waals surface area contributed by atoms with Crippen LogP contribution in [-0.2, 0) is 19.6 Å². The Bertz CT molecular complexity index is 380. The first-order chi connectivity index (χ1) is 8.93. The maximum atomic E-state index is 11.4. The Balaban J connectivity index is 2.13. The average Bonchev–Trinajstić information content (AvgIpc) is 2.37. The lowest BCUT2D eigenvalue weighted by molar-refractivity contribution is -0.143. The minimum absolute atomic E-state index is 0.0791. The van der Waals surface area contributed by atoms with E-state index in [1.807, 2.05) is 0 Å². The van der Waals surface area contributed by atoms with Gasteiger partial charge in [-0.15, -0.1) is 0 Å². The van der Waals surface area contributed by atoms with Crippen LogP contribution in [0.2, 0.25) is 0 Å². The first kappa shape index (κ1) is 16.4. The molecule has 0 bridgehead atoms. The van der Waals surface area contributed by atoms with E-state index in [-0.39, 0.29) is 12.2 Å². The molecule has 2 atom stereocenters. The van der Waals surface area contributed by atoms with E-state index in [4.69, 9.17) is 4.74 Å². The van der Waals surface area contributed by atoms with Gasteiger partial charge >= 0.3 is 5.97 Å². The zero-order valence-corrected chi connectivity index (χ0v) is 12.7. The molecule has 0 aliphatic heterocycles. The number of nitrogens with one attached hydrogen (secondary N) is 1. The number of hydrogen-bond acceptors (Lipinski definition) is 4. The van der Waals surface area contributed by atoms with E-state index in [1.54, 1.807) is 0 Å². The summed E-state index contributed by atoms with van der Waals surface area (Å²) >= 11 is 0. The molecule has 0 aromatic carbocycles. The molecule has 1 N–H and O–H groups in total. The van der Waals surface area contributed by atoms with Crippen molar-refractivity contribution in [3.05, 3.63) is 0 Å². The number of rotatable bonds is 7. The number of carbonyl (C=O) groups excluding carboxylic acids is 1. The molecule has 0 heterocycles. The van der Waals surface area contributed by atoms with E-state index in [0.717, 1.165) is 12.3 Å². The quantitative estimate of drug-likeness (QED) is 0.724. The summed E-state index contributed by atoms with van der Waals surface area (Å²) in [6, 6.07) is 0. The highest BCUT2D eigenvalue weighted by Crippen LogP contribution is 2.30. The molecule has 19 heavy (non-hydrogen) atoms. The molecule has 0 saturated heterocycles. The van der Waals surface area contributed by atoms with Crippen molar-refractivity contribution < 1.29 is 17.9 Å². The maximum Gasteiger partial charge on any atom is 0.306 e. The lowest BCUT2D eigenvalue weighted by atomic mass is 9.81. The third kappa shape index (κ3) is 6.92. The van der Waals surface area contributed by atoms with E-state index in [2.05, 4.69) is 11.6 Å². The molecule has 6 heteroatoms. The Morgan fingerprint density at radius 2 is 2.11 bits per heavy atom. The van der Waals surface area contributed by atoms with Gasteiger partial charge in [0.15, 0.2) is 0 Å². The number of esters is 1. The molecule has 0 aromatic heterocycles. The van der Waals surface area contributed by atoms with Crippen molar-refractivity contribution >= 4 is 16.0 Å². The zero-order valence-electron chi connectivity index (χ0n) is 11.9. The van der Waals surface area contributed by atoms with Crippen molar-refractivity contribution in [2.45, 2.75) is 45.4 Å². The van der Waals surface area contributed by atoms with Crippen LogP contribution in [0, 0.1) is 11.8 Å². The van der Waals surface area contributed by atoms with Gasteiger partial charge in [-0.05, 0) is 31.7 Å². The first-order valence-corrected chi connectivity index (χ1v) is 8.65. The van der Waals surface area contributed by atoms with Crippen molar-refractivity contribution in [3.8, 4) is 0 Å². The Kier molecular flexibility index (Phi) is 6.79. The Morgan fingerprint density at radius 1 is 1.37 bits per heavy atom. The highest BCUT2D eigenvalue weighted by molar-refractivity contribution is 7.89. The normalized spacial score (nSPS) is 24.1. The average molecular weight is 291 g/mol. The summed E-state index contributed by atoms with van der Waals surface area (Å²) < 4.78 is 29.5. The van der Waals surface area contributed by atoms with Crippen LogP contribution in [0.25, 0.3) is 0 Å². The number of carbonyl (C=O) groups is 1. The van der Waals surface area contributed by atoms with Crippen molar-refractivity contribution in [3.63, 3.8) is 0 Å². The smallest absolute Gasteiger partial charge is 0.306 e. The third-order valence-electron chi connectivity index (χ3n) is 3.72. The lowest BCUT2D eigenvalue weighted by Gasteiger charge is -2.26. The summed E-state index contributed by atoms with van der Waals surface area (Å²) in [4.78, 5) is 11.4. The molecule has 1 aliphatic carbocycles. The molecule has 1 saturated carbocycles. The Labute approximate surface area is 116 Å². The van der Waals surface area contributed by atoms with Gasteiger partial charge in [0.2, 0.25) is 10.0 Å². The summed E-state index contributed by atoms with van der Waals surface area (Å²) in [5.41, 5.74) is 0. The van der Waals surface area contributed by atoms with E-state index in [9.17, 15) is 13.2 Å². The van der Waals surface area contributed by atoms with Gasteiger partial charge in [0.25, 0.3) is 0 Å². The molecule has 112 valence electrons. The van der Waals surface area contributed by atoms with Gasteiger partial charge in [0.1, 0.15) is 0 Å². The molecule has 0 aromatic rings. The van der Waals surface area contributed by atoms with Gasteiger partial charge < -0.3 is 4.74 Å². The molecular weight excluding hydrogens is 266 g/mol. The number of sulfonamides is 1. The summed E-state index contributed by atoms with van der Waals surface area (Å²) in [7, 11) is -1.98. The lowest BCUT2D eigenvalue weighted by Crippen LogP contribution is -2.24.